The van der Waals surface area contributed by atoms with Crippen LogP contribution < -0.4 is 32.6 Å². The van der Waals surface area contributed by atoms with Gasteiger partial charge in [-0.3, -0.25) is 59.7 Å². The van der Waals surface area contributed by atoms with Gasteiger partial charge in [0.25, 0.3) is 25.2 Å². The Hall–Kier alpha value is -6.88. The highest BCUT2D eigenvalue weighted by Crippen LogP contribution is 2.51. The molecule has 528 valence electrons. The minimum absolute atomic E-state index is 0.0681. The lowest BCUT2D eigenvalue weighted by molar-refractivity contribution is -0.123. The Balaban J connectivity index is 0.000000212. The van der Waals surface area contributed by atoms with Crippen molar-refractivity contribution in [2.45, 2.75) is 250 Å². The predicted molar refractivity (Wildman–Crippen MR) is 381 cm³/mol. The number of anilines is 3. The Labute approximate surface area is 580 Å². The van der Waals surface area contributed by atoms with Gasteiger partial charge in [-0.1, -0.05) is 121 Å². The van der Waals surface area contributed by atoms with E-state index in [9.17, 15) is 39.0 Å². The number of nitrogens with one attached hydrogen (secondary N) is 6. The molecule has 97 heavy (non-hydrogen) atoms. The van der Waals surface area contributed by atoms with E-state index < -0.39 is 55.7 Å². The zero-order valence-electron chi connectivity index (χ0n) is 58.9. The number of aromatic amines is 3. The van der Waals surface area contributed by atoms with E-state index in [0.29, 0.717) is 95.6 Å². The molecular formula is C68H96IN14O13P. The number of aliphatic hydroxyl groups is 2. The average Bonchev–Trinajstić information content (AvgIpc) is 1.63. The van der Waals surface area contributed by atoms with E-state index in [1.54, 1.807) is 90.0 Å². The lowest BCUT2D eigenvalue weighted by Crippen LogP contribution is -2.35. The summed E-state index contributed by atoms with van der Waals surface area (Å²) in [5.41, 5.74) is -0.764. The predicted octanol–water partition coefficient (Wildman–Crippen LogP) is 10.7. The number of fused-ring (bicyclic) bond motifs is 3. The fraction of sp³-hybridized carbons (Fsp3) is 0.618. The van der Waals surface area contributed by atoms with Gasteiger partial charge >= 0.3 is 0 Å². The number of hydrogen-bond donors (Lipinski definition) is 8. The molecule has 0 bridgehead atoms. The molecule has 4 unspecified atom stereocenters. The number of aromatic nitrogens is 9. The Kier molecular flexibility index (Phi) is 26.2. The molecule has 3 fully saturated rings. The number of ether oxygens (including phenoxy) is 3. The van der Waals surface area contributed by atoms with Gasteiger partial charge in [-0.05, 0) is 69.5 Å². The number of H-pyrrole nitrogens is 3. The average molecular weight is 1480 g/mol. The summed E-state index contributed by atoms with van der Waals surface area (Å²) in [6, 6.07) is 2.47. The Morgan fingerprint density at radius 1 is 0.629 bits per heavy atom. The molecule has 0 aromatic carbocycles. The third-order valence-electron chi connectivity index (χ3n) is 16.2. The van der Waals surface area contributed by atoms with E-state index in [1.165, 1.54) is 0 Å². The molecule has 10 atom stereocenters. The monoisotopic (exact) mass is 1470 g/mol. The number of rotatable bonds is 17. The fourth-order valence-electron chi connectivity index (χ4n) is 11.0. The highest BCUT2D eigenvalue weighted by Gasteiger charge is 2.42. The highest BCUT2D eigenvalue weighted by molar-refractivity contribution is 14.1. The molecule has 3 aliphatic heterocycles. The number of aliphatic hydroxyl groups excluding tert-OH is 2. The first kappa shape index (κ1) is 77.5. The van der Waals surface area contributed by atoms with Gasteiger partial charge in [-0.15, -0.1) is 0 Å². The largest absolute Gasteiger partial charge is 0.390 e. The molecule has 6 aromatic rings. The van der Waals surface area contributed by atoms with Crippen LogP contribution in [0, 0.1) is 54.8 Å². The van der Waals surface area contributed by atoms with Crippen LogP contribution >= 0.6 is 31.1 Å². The smallest absolute Gasteiger partial charge is 0.263 e. The standard InChI is InChI=1S/C30H45N6O5P.C21H28N4O4.C17H23IN4O4/c1-10-12-14-21-18-35(26-25(21)27(37)33-29(32-26)34-28(38)30(7,8)9)24-17-23(22(11-2)40-24)41-42(39-16-13-15-31)36(19(3)4)20(5)6;1-6-8-9-12-11-25(15-10-13(26)14(7-2)29-15)17-16(12)18(27)23-20(22-17)24-19(28)21(3,4)5;1-5-10-9(23)6-11(26-10)22-7-8(18)12-13(22)19-16(20-14(12)24)21-15(25)17(2,3)4/h18-20,22-24H,10-11,13,16-17H2,1-9H3,(H2,32,33,34,37,38);11,13-15,26H,6-7,10H2,1-5H3,(H2,22,23,24,27,28);7,9-11,23H,5-6H2,1-4H3,(H2,19,20,21,24,25)/t22-,23?,24-,42?;13?,14-,15-;9?,10-,11-/m111/s1. The number of halogens is 1. The lowest BCUT2D eigenvalue weighted by atomic mass is 9.96. The molecule has 0 spiro atoms. The van der Waals surface area contributed by atoms with Crippen LogP contribution in [0.5, 0.6) is 0 Å². The van der Waals surface area contributed by atoms with E-state index >= 15 is 0 Å². The molecule has 29 heteroatoms. The van der Waals surface area contributed by atoms with Crippen LogP contribution in [0.2, 0.25) is 0 Å². The van der Waals surface area contributed by atoms with Crippen molar-refractivity contribution in [1.29, 1.82) is 5.26 Å². The van der Waals surface area contributed by atoms with Crippen LogP contribution in [0.25, 0.3) is 33.1 Å². The van der Waals surface area contributed by atoms with Crippen molar-refractivity contribution in [3.63, 3.8) is 0 Å². The second-order valence-electron chi connectivity index (χ2n) is 27.7. The van der Waals surface area contributed by atoms with Gasteiger partial charge in [0.05, 0.1) is 83.0 Å². The molecule has 6 aromatic heterocycles. The summed E-state index contributed by atoms with van der Waals surface area (Å²) < 4.78 is 39.5. The fourth-order valence-corrected chi connectivity index (χ4v) is 13.5. The third-order valence-corrected chi connectivity index (χ3v) is 19.1. The molecule has 0 radical (unpaired) electrons. The van der Waals surface area contributed by atoms with E-state index in [2.05, 4.69) is 131 Å². The second kappa shape index (κ2) is 32.9. The van der Waals surface area contributed by atoms with Crippen molar-refractivity contribution in [3.8, 4) is 29.8 Å². The summed E-state index contributed by atoms with van der Waals surface area (Å²) >= 11 is 2.07. The zero-order valence-corrected chi connectivity index (χ0v) is 62.0. The number of hydrogen-bond acceptors (Lipinski definition) is 18. The van der Waals surface area contributed by atoms with Crippen molar-refractivity contribution in [3.05, 3.63) is 64.3 Å². The van der Waals surface area contributed by atoms with E-state index in [-0.39, 0.29) is 102 Å². The molecule has 8 N–H and O–H groups in total. The normalized spacial score (nSPS) is 21.4. The summed E-state index contributed by atoms with van der Waals surface area (Å²) in [6.07, 6.45) is 6.74. The van der Waals surface area contributed by atoms with Crippen molar-refractivity contribution in [2.24, 2.45) is 16.2 Å². The SMILES string of the molecule is CCC#Cc1cn([C@H]2CC(O)[C@@H](CC)O2)c2nc(NC(=O)C(C)(C)C)[nH]c(=O)c12.CCC#Cc1cn([C@H]2CC(OP(OCCC#N)N(C(C)C)C(C)C)[C@@H](CC)O2)c2nc(NC(=O)C(C)(C)C)[nH]c(=O)c12.CC[C@H]1O[C@@H](n2cc(I)c3c(=O)[nH]c(NC(=O)C(C)(C)C)nc32)CC1O. The minimum Gasteiger partial charge on any atom is -0.390 e. The number of amides is 3. The molecule has 9 heterocycles. The summed E-state index contributed by atoms with van der Waals surface area (Å²) in [6.45, 7) is 34.5. The van der Waals surface area contributed by atoms with E-state index in [1.807, 2.05) is 39.2 Å². The molecule has 27 nitrogen and oxygen atoms in total. The number of nitriles is 1. The van der Waals surface area contributed by atoms with Crippen LogP contribution in [-0.2, 0) is 37.6 Å². The van der Waals surface area contributed by atoms with Gasteiger partial charge in [0.1, 0.15) is 18.7 Å². The number of carbonyl (C=O) groups is 3. The molecule has 0 aliphatic carbocycles. The van der Waals surface area contributed by atoms with Crippen LogP contribution in [0.4, 0.5) is 17.8 Å². The van der Waals surface area contributed by atoms with Crippen molar-refractivity contribution >= 4 is 99.8 Å². The van der Waals surface area contributed by atoms with Gasteiger partial charge < -0.3 is 47.2 Å². The van der Waals surface area contributed by atoms with Crippen molar-refractivity contribution < 1.29 is 47.9 Å². The maximum Gasteiger partial charge on any atom is 0.263 e. The summed E-state index contributed by atoms with van der Waals surface area (Å²) in [5.74, 6) is 11.6. The lowest BCUT2D eigenvalue weighted by Gasteiger charge is -2.37. The molecule has 3 aliphatic rings. The van der Waals surface area contributed by atoms with Crippen molar-refractivity contribution in [2.75, 3.05) is 22.6 Å². The van der Waals surface area contributed by atoms with Gasteiger partial charge in [0.15, 0.2) is 16.9 Å². The van der Waals surface area contributed by atoms with Gasteiger partial charge in [-0.2, -0.15) is 20.2 Å². The molecule has 3 amide bonds. The maximum atomic E-state index is 13.3. The highest BCUT2D eigenvalue weighted by atomic mass is 127. The second-order valence-corrected chi connectivity index (χ2v) is 30.3. The Bertz CT molecular complexity index is 4150. The Morgan fingerprint density at radius 2 is 0.990 bits per heavy atom. The molecule has 9 rings (SSSR count). The first-order valence-corrected chi connectivity index (χ1v) is 35.4. The maximum absolute atomic E-state index is 13.3. The quantitative estimate of drug-likeness (QED) is 0.0182. The van der Waals surface area contributed by atoms with Crippen LogP contribution in [-0.4, -0.2) is 132 Å². The molecule has 3 saturated heterocycles. The van der Waals surface area contributed by atoms with Gasteiger partial charge in [0.2, 0.25) is 35.6 Å². The van der Waals surface area contributed by atoms with Gasteiger partial charge in [-0.25, -0.2) is 4.67 Å². The minimum atomic E-state index is -1.46. The van der Waals surface area contributed by atoms with E-state index in [4.69, 9.17) is 28.5 Å². The number of carbonyl (C=O) groups excluding carboxylic acids is 3. The van der Waals surface area contributed by atoms with Crippen LogP contribution in [0.15, 0.2) is 33.0 Å². The number of nitrogens with zero attached hydrogens (tertiary/aromatic N) is 8. The van der Waals surface area contributed by atoms with Crippen LogP contribution in [0.1, 0.15) is 212 Å². The Morgan fingerprint density at radius 3 is 1.34 bits per heavy atom. The molecule has 0 saturated carbocycles. The zero-order chi connectivity index (χ0) is 71.8. The summed E-state index contributed by atoms with van der Waals surface area (Å²) in [7, 11) is -1.46. The molecular weight excluding hydrogens is 1380 g/mol. The van der Waals surface area contributed by atoms with Gasteiger partial charge in [0, 0.05) is 82.6 Å². The van der Waals surface area contributed by atoms with Crippen LogP contribution in [0.3, 0.4) is 0 Å². The summed E-state index contributed by atoms with van der Waals surface area (Å²) in [5, 5.41) is 38.6. The first-order valence-electron chi connectivity index (χ1n) is 33.2. The van der Waals surface area contributed by atoms with Crippen molar-refractivity contribution in [1.82, 2.24) is 48.3 Å². The third kappa shape index (κ3) is 18.7. The first-order chi connectivity index (χ1) is 45.6. The topological polar surface area (TPSA) is 353 Å². The van der Waals surface area contributed by atoms with E-state index in [0.717, 1.165) is 3.57 Å². The summed E-state index contributed by atoms with van der Waals surface area (Å²) in [4.78, 5) is 97.3.